The molecule has 0 aliphatic carbocycles. The third-order valence-corrected chi connectivity index (χ3v) is 7.29. The van der Waals surface area contributed by atoms with E-state index in [0.717, 1.165) is 16.5 Å². The lowest BCUT2D eigenvalue weighted by Gasteiger charge is -2.20. The highest BCUT2D eigenvalue weighted by atomic mass is 127. The number of pyridine rings is 1. The third kappa shape index (κ3) is 5.08. The van der Waals surface area contributed by atoms with Crippen LogP contribution in [0.25, 0.3) is 27.7 Å². The molecule has 224 valence electrons. The fourth-order valence-corrected chi connectivity index (χ4v) is 5.30. The number of nitrogens with zero attached hydrogens (tertiary/aromatic N) is 4. The van der Waals surface area contributed by atoms with Crippen LogP contribution in [0.5, 0.6) is 0 Å². The van der Waals surface area contributed by atoms with Crippen molar-refractivity contribution >= 4 is 56.5 Å². The summed E-state index contributed by atoms with van der Waals surface area (Å²) in [4.78, 5) is 33.4. The van der Waals surface area contributed by atoms with Crippen molar-refractivity contribution in [3.63, 3.8) is 0 Å². The third-order valence-electron chi connectivity index (χ3n) is 6.54. The summed E-state index contributed by atoms with van der Waals surface area (Å²) in [6.07, 6.45) is -9.50. The van der Waals surface area contributed by atoms with Gasteiger partial charge in [0.2, 0.25) is 5.78 Å². The molecule has 2 aromatic carbocycles. The molecule has 0 bridgehead atoms. The van der Waals surface area contributed by atoms with E-state index in [4.69, 9.17) is 0 Å². The smallest absolute Gasteiger partial charge is 0.331 e. The maximum Gasteiger partial charge on any atom is 0.471 e. The maximum absolute atomic E-state index is 14.6. The number of alkyl halides is 6. The van der Waals surface area contributed by atoms with Crippen LogP contribution in [0.2, 0.25) is 0 Å². The predicted octanol–water partition coefficient (Wildman–Crippen LogP) is 6.97. The number of anilines is 1. The van der Waals surface area contributed by atoms with Crippen LogP contribution in [0.4, 0.5) is 45.2 Å². The number of ketones is 1. The van der Waals surface area contributed by atoms with Crippen LogP contribution in [0.15, 0.2) is 36.5 Å². The summed E-state index contributed by atoms with van der Waals surface area (Å²) in [6.45, 7) is 1.39. The summed E-state index contributed by atoms with van der Waals surface area (Å²) in [5.41, 5.74) is -5.19. The minimum absolute atomic E-state index is 0.117. The fraction of sp³-hybridized carbons (Fsp3) is 0.154. The Morgan fingerprint density at radius 3 is 2.19 bits per heavy atom. The van der Waals surface area contributed by atoms with Crippen LogP contribution >= 0.6 is 22.6 Å². The molecule has 0 atom stereocenters. The van der Waals surface area contributed by atoms with Gasteiger partial charge in [-0.2, -0.15) is 26.3 Å². The number of nitrogens with one attached hydrogen (secondary N) is 1. The van der Waals surface area contributed by atoms with Crippen molar-refractivity contribution in [2.75, 3.05) is 5.32 Å². The van der Waals surface area contributed by atoms with Gasteiger partial charge in [-0.15, -0.1) is 0 Å². The molecule has 5 aromatic rings. The van der Waals surface area contributed by atoms with Crippen molar-refractivity contribution in [1.82, 2.24) is 18.9 Å². The zero-order chi connectivity index (χ0) is 31.8. The molecule has 1 N–H and O–H groups in total. The van der Waals surface area contributed by atoms with E-state index >= 15 is 0 Å². The standard InChI is InChI=1S/C26H13F9IN5O2/c1-9-37-18-15(40(9)2)8-12(25(30,31)32)16(19(18)38-24(43)26(33,34)35)11-4-3-5-41-20(11)22(36)39-23(41)21(42)10-6-13(27)17(29)14(28)7-10/h3-8H,1-2H3,(H,38,43). The van der Waals surface area contributed by atoms with Crippen LogP contribution in [-0.4, -0.2) is 36.8 Å². The van der Waals surface area contributed by atoms with Gasteiger partial charge in [-0.05, 0) is 53.8 Å². The molecule has 0 saturated heterocycles. The number of imidazole rings is 2. The number of aryl methyl sites for hydroxylation is 2. The van der Waals surface area contributed by atoms with Gasteiger partial charge in [0.15, 0.2) is 23.3 Å². The second-order valence-electron chi connectivity index (χ2n) is 9.16. The van der Waals surface area contributed by atoms with Gasteiger partial charge in [-0.3, -0.25) is 14.0 Å². The predicted molar refractivity (Wildman–Crippen MR) is 142 cm³/mol. The molecular weight excluding hydrogens is 712 g/mol. The molecule has 0 saturated carbocycles. The minimum Gasteiger partial charge on any atom is -0.331 e. The second-order valence-corrected chi connectivity index (χ2v) is 10.2. The number of hydrogen-bond donors (Lipinski definition) is 1. The average Bonchev–Trinajstić information content (AvgIpc) is 3.41. The van der Waals surface area contributed by atoms with Crippen LogP contribution < -0.4 is 5.32 Å². The van der Waals surface area contributed by atoms with E-state index < -0.39 is 75.3 Å². The van der Waals surface area contributed by atoms with Crippen molar-refractivity contribution in [1.29, 1.82) is 0 Å². The first kappa shape index (κ1) is 30.3. The highest BCUT2D eigenvalue weighted by Crippen LogP contribution is 2.47. The number of carbonyl (C=O) groups is 2. The molecule has 5 rings (SSSR count). The number of carbonyl (C=O) groups excluding carboxylic acids is 2. The van der Waals surface area contributed by atoms with E-state index in [1.54, 1.807) is 27.9 Å². The topological polar surface area (TPSA) is 81.3 Å². The van der Waals surface area contributed by atoms with E-state index in [1.165, 1.54) is 24.7 Å². The van der Waals surface area contributed by atoms with Gasteiger partial charge in [0.25, 0.3) is 0 Å². The summed E-state index contributed by atoms with van der Waals surface area (Å²) in [5.74, 6) is -9.36. The van der Waals surface area contributed by atoms with Crippen molar-refractivity contribution in [3.05, 3.63) is 80.5 Å². The first-order valence-corrected chi connectivity index (χ1v) is 12.8. The Bertz CT molecular complexity index is 1970. The molecule has 1 amide bonds. The summed E-state index contributed by atoms with van der Waals surface area (Å²) in [7, 11) is 1.33. The highest BCUT2D eigenvalue weighted by Gasteiger charge is 2.42. The van der Waals surface area contributed by atoms with Gasteiger partial charge in [0.1, 0.15) is 15.0 Å². The van der Waals surface area contributed by atoms with Gasteiger partial charge in [-0.1, -0.05) is 6.07 Å². The molecule has 0 aliphatic heterocycles. The van der Waals surface area contributed by atoms with Gasteiger partial charge in [0.05, 0.1) is 22.3 Å². The number of fused-ring (bicyclic) bond motifs is 2. The molecule has 43 heavy (non-hydrogen) atoms. The van der Waals surface area contributed by atoms with E-state index in [2.05, 4.69) is 9.97 Å². The molecule has 0 aliphatic rings. The molecule has 0 radical (unpaired) electrons. The Kier molecular flexibility index (Phi) is 7.21. The average molecular weight is 725 g/mol. The maximum atomic E-state index is 14.6. The number of aromatic nitrogens is 4. The highest BCUT2D eigenvalue weighted by molar-refractivity contribution is 14.1. The largest absolute Gasteiger partial charge is 0.471 e. The molecule has 17 heteroatoms. The lowest BCUT2D eigenvalue weighted by Crippen LogP contribution is -2.30. The van der Waals surface area contributed by atoms with Crippen LogP contribution in [-0.2, 0) is 18.0 Å². The van der Waals surface area contributed by atoms with Gasteiger partial charge < -0.3 is 9.88 Å². The van der Waals surface area contributed by atoms with E-state index in [-0.39, 0.29) is 26.1 Å². The van der Waals surface area contributed by atoms with Gasteiger partial charge in [-0.25, -0.2) is 23.1 Å². The number of rotatable bonds is 4. The Hall–Kier alpha value is -4.16. The molecule has 0 unspecified atom stereocenters. The van der Waals surface area contributed by atoms with E-state index in [0.29, 0.717) is 18.2 Å². The lowest BCUT2D eigenvalue weighted by molar-refractivity contribution is -0.167. The molecular formula is C26H13F9IN5O2. The normalized spacial score (nSPS) is 12.4. The Labute approximate surface area is 247 Å². The van der Waals surface area contributed by atoms with Crippen molar-refractivity contribution in [2.24, 2.45) is 7.05 Å². The molecule has 0 spiro atoms. The minimum atomic E-state index is -5.49. The van der Waals surface area contributed by atoms with Crippen molar-refractivity contribution in [3.8, 4) is 11.1 Å². The Balaban J connectivity index is 1.86. The summed E-state index contributed by atoms with van der Waals surface area (Å²) < 4.78 is 127. The fourth-order valence-electron chi connectivity index (χ4n) is 4.52. The zero-order valence-corrected chi connectivity index (χ0v) is 23.5. The van der Waals surface area contributed by atoms with Crippen molar-refractivity contribution < 1.29 is 49.1 Å². The Morgan fingerprint density at radius 2 is 1.60 bits per heavy atom. The zero-order valence-electron chi connectivity index (χ0n) is 21.3. The monoisotopic (exact) mass is 725 g/mol. The van der Waals surface area contributed by atoms with Gasteiger partial charge >= 0.3 is 18.3 Å². The first-order valence-electron chi connectivity index (χ1n) is 11.7. The second kappa shape index (κ2) is 10.2. The summed E-state index contributed by atoms with van der Waals surface area (Å²) in [5, 5.41) is 1.54. The quantitative estimate of drug-likeness (QED) is 0.0941. The van der Waals surface area contributed by atoms with E-state index in [9.17, 15) is 49.1 Å². The molecule has 3 aromatic heterocycles. The lowest BCUT2D eigenvalue weighted by atomic mass is 9.95. The summed E-state index contributed by atoms with van der Waals surface area (Å²) >= 11 is 1.55. The SMILES string of the molecule is Cc1nc2c(NC(=O)C(F)(F)F)c(-c3cccn4c(C(=O)c5cc(F)c(F)c(F)c5)nc(I)c34)c(C(F)(F)F)cc2n1C. The van der Waals surface area contributed by atoms with Crippen LogP contribution in [0.1, 0.15) is 27.6 Å². The Morgan fingerprint density at radius 1 is 0.977 bits per heavy atom. The number of halogens is 10. The van der Waals surface area contributed by atoms with Gasteiger partial charge in [0, 0.05) is 29.9 Å². The molecule has 0 fully saturated rings. The molecule has 7 nitrogen and oxygen atoms in total. The van der Waals surface area contributed by atoms with Crippen LogP contribution in [0, 0.1) is 28.1 Å². The molecule has 3 heterocycles. The first-order chi connectivity index (χ1) is 19.9. The number of hydrogen-bond acceptors (Lipinski definition) is 4. The number of amides is 1. The van der Waals surface area contributed by atoms with Crippen LogP contribution in [0.3, 0.4) is 0 Å². The summed E-state index contributed by atoms with van der Waals surface area (Å²) in [6, 6.07) is 3.72. The van der Waals surface area contributed by atoms with Crippen molar-refractivity contribution in [2.45, 2.75) is 19.3 Å². The van der Waals surface area contributed by atoms with E-state index in [1.807, 2.05) is 0 Å². The number of benzene rings is 2.